The van der Waals surface area contributed by atoms with Crippen LogP contribution in [0.25, 0.3) is 0 Å². The van der Waals surface area contributed by atoms with Crippen LogP contribution in [-0.2, 0) is 9.53 Å². The number of allylic oxidation sites excluding steroid dienone is 1. The number of carbonyl (C=O) groups excluding carboxylic acids is 1. The molecule has 1 atom stereocenters. The van der Waals surface area contributed by atoms with Gasteiger partial charge < -0.3 is 15.4 Å². The Bertz CT molecular complexity index is 554. The minimum absolute atomic E-state index is 0.297. The van der Waals surface area contributed by atoms with Gasteiger partial charge in [0.2, 0.25) is 0 Å². The molecule has 1 aliphatic heterocycles. The Kier molecular flexibility index (Phi) is 4.21. The topological polar surface area (TPSA) is 50.4 Å². The molecule has 0 fully saturated rings. The van der Waals surface area contributed by atoms with Crippen LogP contribution in [0, 0.1) is 0 Å². The van der Waals surface area contributed by atoms with Crippen LogP contribution in [-0.4, -0.2) is 18.2 Å². The summed E-state index contributed by atoms with van der Waals surface area (Å²) in [5.74, 6) is -0.368. The first-order chi connectivity index (χ1) is 9.02. The molecule has 2 rings (SSSR count). The summed E-state index contributed by atoms with van der Waals surface area (Å²) in [6.07, 6.45) is 0. The van der Waals surface area contributed by atoms with Crippen LogP contribution in [0.15, 0.2) is 40.0 Å². The maximum absolute atomic E-state index is 11.9. The van der Waals surface area contributed by atoms with Crippen molar-refractivity contribution in [1.29, 1.82) is 0 Å². The van der Waals surface area contributed by atoms with E-state index in [-0.39, 0.29) is 12.0 Å². The predicted octanol–water partition coefficient (Wildman–Crippen LogP) is 2.41. The standard InChI is InChI=1S/C13H13BrN2O2S/c1-7-10(12(17)18-2)11(16-13(19)15-7)8-3-5-9(14)6-4-8/h3-6,11H,1-2H3,(H2,15,16,19). The van der Waals surface area contributed by atoms with Gasteiger partial charge in [-0.15, -0.1) is 0 Å². The van der Waals surface area contributed by atoms with E-state index in [1.54, 1.807) is 0 Å². The second kappa shape index (κ2) is 5.71. The van der Waals surface area contributed by atoms with Crippen molar-refractivity contribution in [2.75, 3.05) is 7.11 Å². The van der Waals surface area contributed by atoms with Crippen LogP contribution in [0.5, 0.6) is 0 Å². The minimum atomic E-state index is -0.368. The fraction of sp³-hybridized carbons (Fsp3) is 0.231. The molecule has 100 valence electrons. The number of ether oxygens (including phenoxy) is 1. The summed E-state index contributed by atoms with van der Waals surface area (Å²) >= 11 is 8.53. The third-order valence-corrected chi connectivity index (χ3v) is 3.63. The Morgan fingerprint density at radius 3 is 2.58 bits per heavy atom. The molecule has 0 radical (unpaired) electrons. The van der Waals surface area contributed by atoms with Crippen LogP contribution in [0.2, 0.25) is 0 Å². The first-order valence-electron chi connectivity index (χ1n) is 5.65. The molecule has 1 heterocycles. The summed E-state index contributed by atoms with van der Waals surface area (Å²) < 4.78 is 5.82. The molecule has 0 aromatic heterocycles. The van der Waals surface area contributed by atoms with Gasteiger partial charge in [0.05, 0.1) is 18.7 Å². The zero-order valence-corrected chi connectivity index (χ0v) is 12.9. The number of benzene rings is 1. The number of thiocarbonyl (C=S) groups is 1. The molecule has 1 aliphatic rings. The molecule has 0 aliphatic carbocycles. The Labute approximate surface area is 125 Å². The molecule has 1 aromatic carbocycles. The van der Waals surface area contributed by atoms with Crippen LogP contribution in [0.1, 0.15) is 18.5 Å². The predicted molar refractivity (Wildman–Crippen MR) is 80.5 cm³/mol. The largest absolute Gasteiger partial charge is 0.466 e. The number of halogens is 1. The van der Waals surface area contributed by atoms with Gasteiger partial charge in [-0.25, -0.2) is 4.79 Å². The summed E-state index contributed by atoms with van der Waals surface area (Å²) in [6.45, 7) is 1.81. The van der Waals surface area contributed by atoms with E-state index in [1.807, 2.05) is 31.2 Å². The van der Waals surface area contributed by atoms with Gasteiger partial charge in [0, 0.05) is 10.2 Å². The highest BCUT2D eigenvalue weighted by Gasteiger charge is 2.30. The molecule has 6 heteroatoms. The fourth-order valence-electron chi connectivity index (χ4n) is 1.98. The average Bonchev–Trinajstić information content (AvgIpc) is 2.38. The second-order valence-electron chi connectivity index (χ2n) is 4.11. The molecule has 2 N–H and O–H groups in total. The molecule has 0 saturated heterocycles. The Hall–Kier alpha value is -1.40. The number of hydrogen-bond acceptors (Lipinski definition) is 3. The molecule has 1 unspecified atom stereocenters. The summed E-state index contributed by atoms with van der Waals surface area (Å²) in [7, 11) is 1.37. The fourth-order valence-corrected chi connectivity index (χ4v) is 2.51. The van der Waals surface area contributed by atoms with Crippen molar-refractivity contribution in [3.63, 3.8) is 0 Å². The van der Waals surface area contributed by atoms with E-state index >= 15 is 0 Å². The molecule has 19 heavy (non-hydrogen) atoms. The number of esters is 1. The number of carbonyl (C=O) groups is 1. The van der Waals surface area contributed by atoms with Gasteiger partial charge in [0.25, 0.3) is 0 Å². The van der Waals surface area contributed by atoms with E-state index in [9.17, 15) is 4.79 Å². The van der Waals surface area contributed by atoms with Gasteiger partial charge in [0.1, 0.15) is 0 Å². The van der Waals surface area contributed by atoms with Crippen LogP contribution >= 0.6 is 28.1 Å². The van der Waals surface area contributed by atoms with Gasteiger partial charge in [-0.2, -0.15) is 0 Å². The first kappa shape index (κ1) is 14.0. The van der Waals surface area contributed by atoms with Crippen LogP contribution < -0.4 is 10.6 Å². The van der Waals surface area contributed by atoms with E-state index in [0.717, 1.165) is 10.0 Å². The van der Waals surface area contributed by atoms with E-state index in [2.05, 4.69) is 26.6 Å². The molecule has 0 saturated carbocycles. The molecular formula is C13H13BrN2O2S. The van der Waals surface area contributed by atoms with E-state index in [4.69, 9.17) is 17.0 Å². The zero-order chi connectivity index (χ0) is 14.0. The molecule has 0 amide bonds. The van der Waals surface area contributed by atoms with E-state index in [0.29, 0.717) is 16.4 Å². The molecule has 1 aromatic rings. The van der Waals surface area contributed by atoms with E-state index < -0.39 is 0 Å². The van der Waals surface area contributed by atoms with Crippen LogP contribution in [0.4, 0.5) is 0 Å². The van der Waals surface area contributed by atoms with Crippen molar-refractivity contribution < 1.29 is 9.53 Å². The SMILES string of the molecule is COC(=O)C1=C(C)NC(=S)NC1c1ccc(Br)cc1. The maximum Gasteiger partial charge on any atom is 0.337 e. The minimum Gasteiger partial charge on any atom is -0.466 e. The van der Waals surface area contributed by atoms with Crippen molar-refractivity contribution in [2.45, 2.75) is 13.0 Å². The van der Waals surface area contributed by atoms with E-state index in [1.165, 1.54) is 7.11 Å². The van der Waals surface area contributed by atoms with Gasteiger partial charge in [-0.1, -0.05) is 28.1 Å². The quantitative estimate of drug-likeness (QED) is 0.639. The lowest BCUT2D eigenvalue weighted by molar-refractivity contribution is -0.136. The highest BCUT2D eigenvalue weighted by molar-refractivity contribution is 9.10. The van der Waals surface area contributed by atoms with Crippen molar-refractivity contribution in [3.05, 3.63) is 45.6 Å². The van der Waals surface area contributed by atoms with Crippen LogP contribution in [0.3, 0.4) is 0 Å². The lowest BCUT2D eigenvalue weighted by atomic mass is 9.96. The van der Waals surface area contributed by atoms with Gasteiger partial charge >= 0.3 is 5.97 Å². The average molecular weight is 341 g/mol. The van der Waals surface area contributed by atoms with Gasteiger partial charge in [-0.05, 0) is 36.8 Å². The highest BCUT2D eigenvalue weighted by Crippen LogP contribution is 2.28. The summed E-state index contributed by atoms with van der Waals surface area (Å²) in [6, 6.07) is 7.42. The monoisotopic (exact) mass is 340 g/mol. The third-order valence-electron chi connectivity index (χ3n) is 2.88. The summed E-state index contributed by atoms with van der Waals surface area (Å²) in [4.78, 5) is 11.9. The maximum atomic E-state index is 11.9. The van der Waals surface area contributed by atoms with Gasteiger partial charge in [0.15, 0.2) is 5.11 Å². The second-order valence-corrected chi connectivity index (χ2v) is 5.44. The van der Waals surface area contributed by atoms with Crippen molar-refractivity contribution in [2.24, 2.45) is 0 Å². The lowest BCUT2D eigenvalue weighted by Gasteiger charge is -2.29. The Balaban J connectivity index is 2.46. The molecule has 0 spiro atoms. The smallest absolute Gasteiger partial charge is 0.337 e. The first-order valence-corrected chi connectivity index (χ1v) is 6.85. The molecular weight excluding hydrogens is 328 g/mol. The highest BCUT2D eigenvalue weighted by atomic mass is 79.9. The normalized spacial score (nSPS) is 18.7. The zero-order valence-electron chi connectivity index (χ0n) is 10.5. The summed E-state index contributed by atoms with van der Waals surface area (Å²) in [5, 5.41) is 6.54. The lowest BCUT2D eigenvalue weighted by Crippen LogP contribution is -2.45. The van der Waals surface area contributed by atoms with Crippen molar-refractivity contribution >= 4 is 39.2 Å². The van der Waals surface area contributed by atoms with Crippen molar-refractivity contribution in [1.82, 2.24) is 10.6 Å². The van der Waals surface area contributed by atoms with Crippen molar-refractivity contribution in [3.8, 4) is 0 Å². The number of hydrogen-bond donors (Lipinski definition) is 2. The Morgan fingerprint density at radius 1 is 1.37 bits per heavy atom. The number of nitrogens with one attached hydrogen (secondary N) is 2. The van der Waals surface area contributed by atoms with Gasteiger partial charge in [-0.3, -0.25) is 0 Å². The number of rotatable bonds is 2. The molecule has 0 bridgehead atoms. The third kappa shape index (κ3) is 2.96. The number of methoxy groups -OCH3 is 1. The molecule has 4 nitrogen and oxygen atoms in total. The Morgan fingerprint density at radius 2 is 2.00 bits per heavy atom. The summed E-state index contributed by atoms with van der Waals surface area (Å²) in [5.41, 5.74) is 2.20.